The number of hydrogen-bond acceptors (Lipinski definition) is 6. The summed E-state index contributed by atoms with van der Waals surface area (Å²) in [5.41, 5.74) is 5.43. The van der Waals surface area contributed by atoms with Gasteiger partial charge in [0.1, 0.15) is 21.4 Å². The average Bonchev–Trinajstić information content (AvgIpc) is 3.18. The second-order valence-electron chi connectivity index (χ2n) is 6.79. The Balaban J connectivity index is 1.85. The highest BCUT2D eigenvalue weighted by Gasteiger charge is 2.41. The number of nitrogens with two attached hydrogens (primary N) is 1. The van der Waals surface area contributed by atoms with Crippen LogP contribution in [0.15, 0.2) is 6.33 Å². The topological polar surface area (TPSA) is 130 Å². The summed E-state index contributed by atoms with van der Waals surface area (Å²) in [5.74, 6) is 0.144. The van der Waals surface area contributed by atoms with Crippen molar-refractivity contribution in [3.63, 3.8) is 0 Å². The highest BCUT2D eigenvalue weighted by Crippen LogP contribution is 2.30. The van der Waals surface area contributed by atoms with Crippen LogP contribution in [0.2, 0.25) is 0 Å². The zero-order chi connectivity index (χ0) is 19.2. The number of aromatic nitrogens is 4. The number of amides is 2. The molecule has 1 saturated heterocycles. The van der Waals surface area contributed by atoms with Gasteiger partial charge in [0.25, 0.3) is 0 Å². The van der Waals surface area contributed by atoms with Crippen LogP contribution >= 0.6 is 22.6 Å². The lowest BCUT2D eigenvalue weighted by Gasteiger charge is -2.35. The van der Waals surface area contributed by atoms with Crippen molar-refractivity contribution in [3.05, 3.63) is 10.0 Å². The van der Waals surface area contributed by atoms with Crippen molar-refractivity contribution < 1.29 is 14.7 Å². The summed E-state index contributed by atoms with van der Waals surface area (Å²) >= 11 is 2.09. The van der Waals surface area contributed by atoms with Gasteiger partial charge >= 0.3 is 6.09 Å². The number of carbonyl (C=O) groups is 2. The predicted octanol–water partition coefficient (Wildman–Crippen LogP) is 1.17. The molecule has 11 heteroatoms. The van der Waals surface area contributed by atoms with E-state index in [2.05, 4.69) is 37.7 Å². The van der Waals surface area contributed by atoms with Crippen LogP contribution in [0.3, 0.4) is 0 Å². The molecule has 3 heterocycles. The summed E-state index contributed by atoms with van der Waals surface area (Å²) in [6.45, 7) is 4.18. The molecular formula is C15H20IN7O3. The van der Waals surface area contributed by atoms with Gasteiger partial charge < -0.3 is 15.7 Å². The minimum Gasteiger partial charge on any atom is -0.465 e. The van der Waals surface area contributed by atoms with Crippen molar-refractivity contribution in [2.24, 2.45) is 0 Å². The molecule has 140 valence electrons. The smallest absolute Gasteiger partial charge is 0.407 e. The van der Waals surface area contributed by atoms with Gasteiger partial charge in [-0.25, -0.2) is 19.4 Å². The maximum atomic E-state index is 12.9. The predicted molar refractivity (Wildman–Crippen MR) is 103 cm³/mol. The van der Waals surface area contributed by atoms with Crippen molar-refractivity contribution in [1.29, 1.82) is 0 Å². The highest BCUT2D eigenvalue weighted by molar-refractivity contribution is 14.1. The molecule has 1 unspecified atom stereocenters. The van der Waals surface area contributed by atoms with Crippen LogP contribution in [0.1, 0.15) is 26.3 Å². The summed E-state index contributed by atoms with van der Waals surface area (Å²) in [6, 6.07) is -0.0507. The third-order valence-corrected chi connectivity index (χ3v) is 5.68. The molecule has 0 spiro atoms. The average molecular weight is 473 g/mol. The number of likely N-dealkylation sites (N-methyl/N-ethyl adjacent to an activating group) is 1. The van der Waals surface area contributed by atoms with Crippen molar-refractivity contribution in [1.82, 2.24) is 29.5 Å². The number of nitrogens with zero attached hydrogens (tertiary/aromatic N) is 6. The van der Waals surface area contributed by atoms with E-state index >= 15 is 0 Å². The van der Waals surface area contributed by atoms with Gasteiger partial charge in [-0.2, -0.15) is 5.10 Å². The summed E-state index contributed by atoms with van der Waals surface area (Å²) in [6.07, 6.45) is 0.961. The molecule has 10 nitrogen and oxygen atoms in total. The van der Waals surface area contributed by atoms with Crippen molar-refractivity contribution in [2.75, 3.05) is 25.9 Å². The van der Waals surface area contributed by atoms with E-state index in [-0.39, 0.29) is 11.9 Å². The first kappa shape index (κ1) is 18.6. The first-order valence-electron chi connectivity index (χ1n) is 8.05. The Bertz CT molecular complexity index is 881. The summed E-state index contributed by atoms with van der Waals surface area (Å²) in [7, 11) is 1.40. The van der Waals surface area contributed by atoms with Gasteiger partial charge in [-0.1, -0.05) is 0 Å². The lowest BCUT2D eigenvalue weighted by atomic mass is 10.0. The molecular weight excluding hydrogens is 453 g/mol. The van der Waals surface area contributed by atoms with Crippen molar-refractivity contribution in [2.45, 2.75) is 31.8 Å². The molecule has 1 atom stereocenters. The van der Waals surface area contributed by atoms with Crippen LogP contribution < -0.4 is 5.73 Å². The normalized spacial score (nSPS) is 17.7. The first-order chi connectivity index (χ1) is 12.1. The van der Waals surface area contributed by atoms with Crippen LogP contribution in [0.5, 0.6) is 0 Å². The number of anilines is 1. The lowest BCUT2D eigenvalue weighted by Crippen LogP contribution is -2.55. The Morgan fingerprint density at radius 1 is 1.42 bits per heavy atom. The number of halogens is 1. The van der Waals surface area contributed by atoms with E-state index in [1.807, 2.05) is 0 Å². The van der Waals surface area contributed by atoms with Gasteiger partial charge in [0.2, 0.25) is 5.91 Å². The standard InChI is InChI=1S/C15H20IN7O3/c1-15(2,21(3)14(25)26)13(24)22-5-4-8(6-22)23-12-9(10(16)20-23)11(17)18-7-19-12/h7-8H,4-6H2,1-3H3,(H,25,26)(H2,17,18,19). The maximum Gasteiger partial charge on any atom is 0.407 e. The van der Waals surface area contributed by atoms with Crippen LogP contribution in [-0.4, -0.2) is 72.3 Å². The maximum absolute atomic E-state index is 12.9. The number of hydrogen-bond donors (Lipinski definition) is 2. The number of likely N-dealkylation sites (tertiary alicyclic amines) is 1. The molecule has 26 heavy (non-hydrogen) atoms. The molecule has 3 rings (SSSR count). The number of fused-ring (bicyclic) bond motifs is 1. The van der Waals surface area contributed by atoms with Gasteiger partial charge in [-0.15, -0.1) is 0 Å². The van der Waals surface area contributed by atoms with Gasteiger partial charge in [0.05, 0.1) is 11.4 Å². The van der Waals surface area contributed by atoms with Gasteiger partial charge in [0, 0.05) is 20.1 Å². The Morgan fingerprint density at radius 2 is 2.12 bits per heavy atom. The molecule has 1 aliphatic heterocycles. The first-order valence-corrected chi connectivity index (χ1v) is 9.12. The van der Waals surface area contributed by atoms with Crippen LogP contribution in [0.25, 0.3) is 11.0 Å². The molecule has 3 N–H and O–H groups in total. The minimum absolute atomic E-state index is 0.0507. The van der Waals surface area contributed by atoms with Crippen LogP contribution in [0, 0.1) is 3.70 Å². The Morgan fingerprint density at radius 3 is 2.77 bits per heavy atom. The van der Waals surface area contributed by atoms with Crippen LogP contribution in [-0.2, 0) is 4.79 Å². The Kier molecular flexibility index (Phi) is 4.67. The Labute approximate surface area is 163 Å². The van der Waals surface area contributed by atoms with Gasteiger partial charge in [-0.05, 0) is 42.9 Å². The largest absolute Gasteiger partial charge is 0.465 e. The molecule has 1 aliphatic rings. The molecule has 0 bridgehead atoms. The Hall–Kier alpha value is -2.18. The van der Waals surface area contributed by atoms with Crippen LogP contribution in [0.4, 0.5) is 10.6 Å². The monoisotopic (exact) mass is 473 g/mol. The molecule has 0 aliphatic carbocycles. The van der Waals surface area contributed by atoms with E-state index in [0.29, 0.717) is 40.1 Å². The number of carboxylic acid groups (broad SMARTS) is 1. The zero-order valence-electron chi connectivity index (χ0n) is 14.7. The molecule has 0 aromatic carbocycles. The van der Waals surface area contributed by atoms with Gasteiger partial charge in [0.15, 0.2) is 5.65 Å². The third-order valence-electron chi connectivity index (χ3n) is 4.92. The van der Waals surface area contributed by atoms with E-state index in [4.69, 9.17) is 5.73 Å². The molecule has 0 radical (unpaired) electrons. The summed E-state index contributed by atoms with van der Waals surface area (Å²) in [4.78, 5) is 35.1. The van der Waals surface area contributed by atoms with E-state index in [0.717, 1.165) is 4.90 Å². The quantitative estimate of drug-likeness (QED) is 0.641. The molecule has 2 aromatic rings. The summed E-state index contributed by atoms with van der Waals surface area (Å²) in [5, 5.41) is 14.4. The molecule has 1 fully saturated rings. The van der Waals surface area contributed by atoms with E-state index < -0.39 is 11.6 Å². The number of nitrogen functional groups attached to an aromatic ring is 1. The minimum atomic E-state index is -1.14. The number of rotatable bonds is 3. The molecule has 0 saturated carbocycles. The van der Waals surface area contributed by atoms with E-state index in [9.17, 15) is 14.7 Å². The molecule has 2 aromatic heterocycles. The SMILES string of the molecule is CN(C(=O)O)C(C)(C)C(=O)N1CCC(n2nc(I)c3c(N)ncnc32)C1. The molecule has 2 amide bonds. The lowest BCUT2D eigenvalue weighted by molar-refractivity contribution is -0.140. The summed E-state index contributed by atoms with van der Waals surface area (Å²) < 4.78 is 2.50. The second kappa shape index (κ2) is 6.52. The fourth-order valence-corrected chi connectivity index (χ4v) is 3.85. The van der Waals surface area contributed by atoms with E-state index in [1.165, 1.54) is 13.4 Å². The fourth-order valence-electron chi connectivity index (χ4n) is 3.10. The third kappa shape index (κ3) is 2.93. The fraction of sp³-hybridized carbons (Fsp3) is 0.533. The number of carbonyl (C=O) groups excluding carboxylic acids is 1. The van der Waals surface area contributed by atoms with E-state index in [1.54, 1.807) is 23.4 Å². The van der Waals surface area contributed by atoms with Crippen molar-refractivity contribution in [3.8, 4) is 0 Å². The highest BCUT2D eigenvalue weighted by atomic mass is 127. The van der Waals surface area contributed by atoms with Gasteiger partial charge in [-0.3, -0.25) is 9.69 Å². The second-order valence-corrected chi connectivity index (χ2v) is 7.81. The zero-order valence-corrected chi connectivity index (χ0v) is 16.8. The van der Waals surface area contributed by atoms with Crippen molar-refractivity contribution >= 4 is 51.4 Å².